The molecular formula is C9H14N2S. The summed E-state index contributed by atoms with van der Waals surface area (Å²) in [7, 11) is 1.97. The molecule has 1 aromatic rings. The summed E-state index contributed by atoms with van der Waals surface area (Å²) in [6.45, 7) is 4.22. The third-order valence-corrected chi connectivity index (χ3v) is 2.38. The van der Waals surface area contributed by atoms with E-state index in [1.165, 1.54) is 5.69 Å². The molecule has 0 saturated carbocycles. The van der Waals surface area contributed by atoms with Crippen LogP contribution in [0.1, 0.15) is 25.2 Å². The normalized spacial score (nSPS) is 10.2. The smallest absolute Gasteiger partial charge is 0.199 e. The summed E-state index contributed by atoms with van der Waals surface area (Å²) in [6, 6.07) is 2.12. The van der Waals surface area contributed by atoms with Gasteiger partial charge in [-0.2, -0.15) is 0 Å². The first-order valence-corrected chi connectivity index (χ1v) is 4.65. The Bertz CT molecular complexity index is 328. The second-order valence-corrected chi connectivity index (χ2v) is 3.15. The lowest BCUT2D eigenvalue weighted by molar-refractivity contribution is 0.754. The number of aryl methyl sites for hydroxylation is 2. The second-order valence-electron chi connectivity index (χ2n) is 2.79. The first kappa shape index (κ1) is 9.39. The first-order valence-electron chi connectivity index (χ1n) is 4.24. The zero-order chi connectivity index (χ0) is 9.14. The van der Waals surface area contributed by atoms with Gasteiger partial charge in [0.1, 0.15) is 0 Å². The van der Waals surface area contributed by atoms with E-state index >= 15 is 0 Å². The van der Waals surface area contributed by atoms with Crippen molar-refractivity contribution in [2.24, 2.45) is 7.05 Å². The third-order valence-electron chi connectivity index (χ3n) is 2.01. The van der Waals surface area contributed by atoms with Crippen molar-refractivity contribution < 1.29 is 0 Å². The van der Waals surface area contributed by atoms with E-state index in [-0.39, 0.29) is 0 Å². The van der Waals surface area contributed by atoms with E-state index < -0.39 is 0 Å². The van der Waals surface area contributed by atoms with E-state index in [0.29, 0.717) is 4.77 Å². The van der Waals surface area contributed by atoms with Crippen LogP contribution in [0.2, 0.25) is 0 Å². The van der Waals surface area contributed by atoms with Crippen molar-refractivity contribution in [1.82, 2.24) is 9.55 Å². The van der Waals surface area contributed by atoms with Crippen molar-refractivity contribution in [2.45, 2.75) is 26.7 Å². The molecule has 0 fully saturated rings. The Kier molecular flexibility index (Phi) is 2.98. The number of aromatic nitrogens is 2. The Balaban J connectivity index is 3.29. The number of rotatable bonds is 2. The average Bonchev–Trinajstić information content (AvgIpc) is 2.09. The van der Waals surface area contributed by atoms with Gasteiger partial charge in [0.25, 0.3) is 0 Å². The molecule has 0 aliphatic carbocycles. The highest BCUT2D eigenvalue weighted by Crippen LogP contribution is 2.04. The summed E-state index contributed by atoms with van der Waals surface area (Å²) in [4.78, 5) is 4.28. The SMILES string of the molecule is CCc1cc(CC)n(C)c(=S)n1. The van der Waals surface area contributed by atoms with Crippen LogP contribution < -0.4 is 0 Å². The zero-order valence-corrected chi connectivity index (χ0v) is 8.61. The molecule has 66 valence electrons. The highest BCUT2D eigenvalue weighted by atomic mass is 32.1. The van der Waals surface area contributed by atoms with Crippen molar-refractivity contribution in [1.29, 1.82) is 0 Å². The molecule has 0 amide bonds. The molecule has 0 aliphatic rings. The lowest BCUT2D eigenvalue weighted by atomic mass is 10.2. The van der Waals surface area contributed by atoms with Gasteiger partial charge in [-0.05, 0) is 31.1 Å². The molecule has 0 aromatic carbocycles. The summed E-state index contributed by atoms with van der Waals surface area (Å²) in [5.74, 6) is 0. The molecular weight excluding hydrogens is 168 g/mol. The minimum atomic E-state index is 0.686. The van der Waals surface area contributed by atoms with Gasteiger partial charge in [0.15, 0.2) is 4.77 Å². The quantitative estimate of drug-likeness (QED) is 0.653. The fourth-order valence-corrected chi connectivity index (χ4v) is 1.40. The molecule has 0 aliphatic heterocycles. The van der Waals surface area contributed by atoms with Gasteiger partial charge in [0.2, 0.25) is 0 Å². The Morgan fingerprint density at radius 2 is 2.08 bits per heavy atom. The number of hydrogen-bond acceptors (Lipinski definition) is 2. The van der Waals surface area contributed by atoms with E-state index in [1.54, 1.807) is 0 Å². The van der Waals surface area contributed by atoms with Crippen molar-refractivity contribution in [2.75, 3.05) is 0 Å². The molecule has 0 saturated heterocycles. The maximum Gasteiger partial charge on any atom is 0.199 e. The summed E-state index contributed by atoms with van der Waals surface area (Å²) in [5, 5.41) is 0. The van der Waals surface area contributed by atoms with E-state index in [9.17, 15) is 0 Å². The van der Waals surface area contributed by atoms with Crippen LogP contribution in [0.5, 0.6) is 0 Å². The average molecular weight is 182 g/mol. The molecule has 0 radical (unpaired) electrons. The predicted molar refractivity (Wildman–Crippen MR) is 52.8 cm³/mol. The fraction of sp³-hybridized carbons (Fsp3) is 0.556. The molecule has 3 heteroatoms. The Labute approximate surface area is 78.3 Å². The second kappa shape index (κ2) is 3.81. The summed E-state index contributed by atoms with van der Waals surface area (Å²) < 4.78 is 2.65. The number of hydrogen-bond donors (Lipinski definition) is 0. The first-order chi connectivity index (χ1) is 5.69. The molecule has 0 spiro atoms. The molecule has 2 nitrogen and oxygen atoms in total. The van der Waals surface area contributed by atoms with Crippen molar-refractivity contribution in [3.05, 3.63) is 22.2 Å². The molecule has 12 heavy (non-hydrogen) atoms. The van der Waals surface area contributed by atoms with Crippen LogP contribution in [-0.4, -0.2) is 9.55 Å². The van der Waals surface area contributed by atoms with Crippen LogP contribution in [-0.2, 0) is 19.9 Å². The van der Waals surface area contributed by atoms with Crippen LogP contribution in [0.25, 0.3) is 0 Å². The van der Waals surface area contributed by atoms with Gasteiger partial charge in [-0.25, -0.2) is 4.98 Å². The van der Waals surface area contributed by atoms with E-state index in [0.717, 1.165) is 18.5 Å². The van der Waals surface area contributed by atoms with Crippen LogP contribution in [0.15, 0.2) is 6.07 Å². The summed E-state index contributed by atoms with van der Waals surface area (Å²) in [6.07, 6.45) is 1.97. The van der Waals surface area contributed by atoms with E-state index in [1.807, 2.05) is 11.6 Å². The molecule has 0 unspecified atom stereocenters. The van der Waals surface area contributed by atoms with E-state index in [2.05, 4.69) is 24.9 Å². The largest absolute Gasteiger partial charge is 0.324 e. The van der Waals surface area contributed by atoms with Gasteiger partial charge in [-0.3, -0.25) is 0 Å². The van der Waals surface area contributed by atoms with Gasteiger partial charge >= 0.3 is 0 Å². The van der Waals surface area contributed by atoms with Gasteiger partial charge < -0.3 is 4.57 Å². The third kappa shape index (κ3) is 1.72. The molecule has 0 N–H and O–H groups in total. The predicted octanol–water partition coefficient (Wildman–Crippen LogP) is 2.27. The van der Waals surface area contributed by atoms with Crippen molar-refractivity contribution >= 4 is 12.2 Å². The van der Waals surface area contributed by atoms with Crippen LogP contribution in [0, 0.1) is 4.77 Å². The van der Waals surface area contributed by atoms with Gasteiger partial charge in [0.05, 0.1) is 0 Å². The van der Waals surface area contributed by atoms with Crippen LogP contribution in [0.3, 0.4) is 0 Å². The molecule has 1 rings (SSSR count). The minimum absolute atomic E-state index is 0.686. The topological polar surface area (TPSA) is 17.8 Å². The summed E-state index contributed by atoms with van der Waals surface area (Å²) in [5.41, 5.74) is 2.35. The minimum Gasteiger partial charge on any atom is -0.324 e. The zero-order valence-electron chi connectivity index (χ0n) is 7.79. The molecule has 1 aromatic heterocycles. The van der Waals surface area contributed by atoms with Crippen molar-refractivity contribution in [3.8, 4) is 0 Å². The maximum absolute atomic E-state index is 5.11. The van der Waals surface area contributed by atoms with E-state index in [4.69, 9.17) is 12.2 Å². The Morgan fingerprint density at radius 1 is 1.42 bits per heavy atom. The van der Waals surface area contributed by atoms with Gasteiger partial charge in [-0.1, -0.05) is 13.8 Å². The van der Waals surface area contributed by atoms with Gasteiger partial charge in [-0.15, -0.1) is 0 Å². The monoisotopic (exact) mass is 182 g/mol. The highest BCUT2D eigenvalue weighted by molar-refractivity contribution is 7.71. The lowest BCUT2D eigenvalue weighted by Gasteiger charge is -2.07. The Hall–Kier alpha value is -0.700. The summed E-state index contributed by atoms with van der Waals surface area (Å²) >= 11 is 5.11. The molecule has 1 heterocycles. The molecule has 0 atom stereocenters. The van der Waals surface area contributed by atoms with Crippen LogP contribution >= 0.6 is 12.2 Å². The standard InChI is InChI=1S/C9H14N2S/c1-4-7-6-8(5-2)11(3)9(12)10-7/h6H,4-5H2,1-3H3. The number of nitrogens with zero attached hydrogens (tertiary/aromatic N) is 2. The van der Waals surface area contributed by atoms with Crippen LogP contribution in [0.4, 0.5) is 0 Å². The lowest BCUT2D eigenvalue weighted by Crippen LogP contribution is -2.05. The van der Waals surface area contributed by atoms with Gasteiger partial charge in [0, 0.05) is 18.4 Å². The fourth-order valence-electron chi connectivity index (χ4n) is 1.16. The molecule has 0 bridgehead atoms. The van der Waals surface area contributed by atoms with Crippen molar-refractivity contribution in [3.63, 3.8) is 0 Å². The maximum atomic E-state index is 5.11. The highest BCUT2D eigenvalue weighted by Gasteiger charge is 1.98. The Morgan fingerprint density at radius 3 is 2.58 bits per heavy atom.